The van der Waals surface area contributed by atoms with Crippen molar-refractivity contribution in [1.29, 1.82) is 0 Å². The third kappa shape index (κ3) is 8.81. The van der Waals surface area contributed by atoms with Crippen LogP contribution in [-0.2, 0) is 19.2 Å². The number of aliphatic carboxylic acids is 2. The number of carboxylic acids is 2. The Morgan fingerprint density at radius 2 is 1.02 bits per heavy atom. The molecule has 0 saturated carbocycles. The third-order valence-electron chi connectivity index (χ3n) is 8.04. The smallest absolute Gasteiger partial charge is 0.326 e. The molecule has 4 amide bonds. The minimum atomic E-state index is -1.13. The highest BCUT2D eigenvalue weighted by Gasteiger charge is 2.43. The fourth-order valence-electron chi connectivity index (χ4n) is 5.56. The van der Waals surface area contributed by atoms with Crippen molar-refractivity contribution in [3.8, 4) is 0 Å². The molecule has 2 unspecified atom stereocenters. The van der Waals surface area contributed by atoms with Crippen LogP contribution < -0.4 is 10.6 Å². The minimum absolute atomic E-state index is 0.0927. The lowest BCUT2D eigenvalue weighted by molar-refractivity contribution is -0.149. The summed E-state index contributed by atoms with van der Waals surface area (Å²) in [7, 11) is 2.75. The van der Waals surface area contributed by atoms with E-state index in [9.17, 15) is 39.0 Å². The standard InChI is InChI=1S/C32H38N4O8S2/c1-19(29(39)35-15-23(13-25(35)31(41)42)33-27(37)21-9-5-3-6-10-21)17-45-46-18-20(2)30(40)36-16-24(14-26(36)32(43)44)34-28(38)22-11-7-4-8-12-22/h3-12,19-20,23-26H,13-18H2,1-2H3,(H,33,37)(H,34,38)(H,41,42)(H,43,44)/t19?,20?,23-,24-,25+,26+/m1/s1. The first-order valence-corrected chi connectivity index (χ1v) is 17.5. The average Bonchev–Trinajstić information content (AvgIpc) is 3.68. The number of nitrogens with zero attached hydrogens (tertiary/aromatic N) is 2. The highest BCUT2D eigenvalue weighted by molar-refractivity contribution is 8.76. The van der Waals surface area contributed by atoms with Gasteiger partial charge in [-0.1, -0.05) is 71.8 Å². The van der Waals surface area contributed by atoms with Gasteiger partial charge in [-0.2, -0.15) is 0 Å². The SMILES string of the molecule is CC(CSSCC(C)C(=O)N1C[C@H](NC(=O)c2ccccc2)C[C@H]1C(=O)O)C(=O)N1C[C@H](NC(=O)c2ccccc2)C[C@H]1C(=O)O. The number of carboxylic acid groups (broad SMARTS) is 2. The van der Waals surface area contributed by atoms with Gasteiger partial charge >= 0.3 is 11.9 Å². The molecule has 2 aliphatic heterocycles. The van der Waals surface area contributed by atoms with Crippen LogP contribution >= 0.6 is 21.6 Å². The molecule has 2 aromatic rings. The van der Waals surface area contributed by atoms with Gasteiger partial charge in [0.25, 0.3) is 11.8 Å². The Morgan fingerprint density at radius 1 is 0.674 bits per heavy atom. The number of carbonyl (C=O) groups is 6. The summed E-state index contributed by atoms with van der Waals surface area (Å²) in [6, 6.07) is 14.1. The average molecular weight is 671 g/mol. The van der Waals surface area contributed by atoms with Crippen molar-refractivity contribution in [2.45, 2.75) is 50.9 Å². The van der Waals surface area contributed by atoms with Crippen LogP contribution in [0, 0.1) is 11.8 Å². The number of rotatable bonds is 13. The topological polar surface area (TPSA) is 173 Å². The van der Waals surface area contributed by atoms with E-state index in [1.807, 2.05) is 0 Å². The van der Waals surface area contributed by atoms with E-state index in [1.165, 1.54) is 31.4 Å². The van der Waals surface area contributed by atoms with Gasteiger partial charge < -0.3 is 30.6 Å². The predicted octanol–water partition coefficient (Wildman–Crippen LogP) is 2.61. The first-order chi connectivity index (χ1) is 22.0. The molecule has 46 heavy (non-hydrogen) atoms. The maximum atomic E-state index is 13.3. The first-order valence-electron chi connectivity index (χ1n) is 15.0. The van der Waals surface area contributed by atoms with Gasteiger partial charge in [-0.3, -0.25) is 19.2 Å². The van der Waals surface area contributed by atoms with Crippen LogP contribution in [0.2, 0.25) is 0 Å². The Kier molecular flexibility index (Phi) is 12.1. The van der Waals surface area contributed by atoms with Gasteiger partial charge in [0.05, 0.1) is 0 Å². The van der Waals surface area contributed by atoms with Crippen molar-refractivity contribution in [3.63, 3.8) is 0 Å². The number of hydrogen-bond acceptors (Lipinski definition) is 8. The molecule has 2 heterocycles. The van der Waals surface area contributed by atoms with E-state index in [0.29, 0.717) is 22.6 Å². The van der Waals surface area contributed by atoms with Crippen LogP contribution in [0.3, 0.4) is 0 Å². The third-order valence-corrected chi connectivity index (χ3v) is 10.8. The lowest BCUT2D eigenvalue weighted by Gasteiger charge is -2.25. The molecule has 0 aromatic heterocycles. The quantitative estimate of drug-likeness (QED) is 0.183. The predicted molar refractivity (Wildman–Crippen MR) is 174 cm³/mol. The fourth-order valence-corrected chi connectivity index (χ4v) is 8.25. The Bertz CT molecular complexity index is 1320. The van der Waals surface area contributed by atoms with Gasteiger partial charge in [0.2, 0.25) is 11.8 Å². The zero-order valence-corrected chi connectivity index (χ0v) is 27.2. The normalized spacial score (nSPS) is 22.1. The van der Waals surface area contributed by atoms with Crippen molar-refractivity contribution in [1.82, 2.24) is 20.4 Å². The summed E-state index contributed by atoms with van der Waals surface area (Å²) in [5.41, 5.74) is 0.901. The monoisotopic (exact) mass is 670 g/mol. The molecular formula is C32H38N4O8S2. The molecule has 246 valence electrons. The summed E-state index contributed by atoms with van der Waals surface area (Å²) in [6.45, 7) is 3.61. The van der Waals surface area contributed by atoms with Gasteiger partial charge in [-0.15, -0.1) is 0 Å². The molecule has 14 heteroatoms. The zero-order valence-electron chi connectivity index (χ0n) is 25.5. The fraction of sp³-hybridized carbons (Fsp3) is 0.438. The molecule has 2 saturated heterocycles. The lowest BCUT2D eigenvalue weighted by atomic mass is 10.1. The second-order valence-corrected chi connectivity index (χ2v) is 14.2. The minimum Gasteiger partial charge on any atom is -0.480 e. The molecule has 0 bridgehead atoms. The van der Waals surface area contributed by atoms with Crippen LogP contribution in [0.4, 0.5) is 0 Å². The Labute approximate surface area is 275 Å². The van der Waals surface area contributed by atoms with E-state index >= 15 is 0 Å². The largest absolute Gasteiger partial charge is 0.480 e. The number of carbonyl (C=O) groups excluding carboxylic acids is 4. The van der Waals surface area contributed by atoms with Crippen LogP contribution in [0.5, 0.6) is 0 Å². The van der Waals surface area contributed by atoms with Crippen molar-refractivity contribution < 1.29 is 39.0 Å². The summed E-state index contributed by atoms with van der Waals surface area (Å²) in [6.07, 6.45) is 0.219. The summed E-state index contributed by atoms with van der Waals surface area (Å²) in [5.74, 6) is -3.88. The first kappa shape index (κ1) is 34.8. The van der Waals surface area contributed by atoms with Gasteiger partial charge in [0.15, 0.2) is 0 Å². The molecule has 4 rings (SSSR count). The van der Waals surface area contributed by atoms with Gasteiger partial charge in [-0.05, 0) is 24.3 Å². The van der Waals surface area contributed by atoms with Crippen molar-refractivity contribution in [2.24, 2.45) is 11.8 Å². The highest BCUT2D eigenvalue weighted by Crippen LogP contribution is 2.30. The second kappa shape index (κ2) is 16.0. The summed E-state index contributed by atoms with van der Waals surface area (Å²) in [4.78, 5) is 78.2. The van der Waals surface area contributed by atoms with Crippen LogP contribution in [0.25, 0.3) is 0 Å². The number of amides is 4. The van der Waals surface area contributed by atoms with Crippen molar-refractivity contribution in [2.75, 3.05) is 24.6 Å². The number of hydrogen-bond donors (Lipinski definition) is 4. The molecule has 6 atom stereocenters. The van der Waals surface area contributed by atoms with E-state index < -0.39 is 47.9 Å². The Balaban J connectivity index is 1.24. The van der Waals surface area contributed by atoms with Crippen LogP contribution in [0.15, 0.2) is 60.7 Å². The van der Waals surface area contributed by atoms with E-state index in [-0.39, 0.29) is 49.6 Å². The Morgan fingerprint density at radius 3 is 1.35 bits per heavy atom. The van der Waals surface area contributed by atoms with Gasteiger partial charge in [-0.25, -0.2) is 9.59 Å². The highest BCUT2D eigenvalue weighted by atomic mass is 33.1. The van der Waals surface area contributed by atoms with E-state index in [1.54, 1.807) is 74.5 Å². The summed E-state index contributed by atoms with van der Waals surface area (Å²) in [5, 5.41) is 25.2. The summed E-state index contributed by atoms with van der Waals surface area (Å²) >= 11 is 0. The van der Waals surface area contributed by atoms with Gasteiger partial charge in [0, 0.05) is 72.5 Å². The number of benzene rings is 2. The van der Waals surface area contributed by atoms with Crippen molar-refractivity contribution in [3.05, 3.63) is 71.8 Å². The lowest BCUT2D eigenvalue weighted by Crippen LogP contribution is -2.44. The van der Waals surface area contributed by atoms with E-state index in [0.717, 1.165) is 0 Å². The molecule has 0 radical (unpaired) electrons. The molecule has 12 nitrogen and oxygen atoms in total. The zero-order chi connectivity index (χ0) is 33.4. The van der Waals surface area contributed by atoms with Gasteiger partial charge in [0.1, 0.15) is 12.1 Å². The van der Waals surface area contributed by atoms with Crippen LogP contribution in [0.1, 0.15) is 47.4 Å². The maximum Gasteiger partial charge on any atom is 0.326 e. The summed E-state index contributed by atoms with van der Waals surface area (Å²) < 4.78 is 0. The molecule has 4 N–H and O–H groups in total. The van der Waals surface area contributed by atoms with Crippen LogP contribution in [-0.4, -0.2) is 104 Å². The molecule has 2 aliphatic rings. The molecule has 0 spiro atoms. The number of nitrogens with one attached hydrogen (secondary N) is 2. The second-order valence-electron chi connectivity index (χ2n) is 11.6. The molecule has 0 aliphatic carbocycles. The molecule has 2 aromatic carbocycles. The Hall–Kier alpha value is -4.04. The number of likely N-dealkylation sites (tertiary alicyclic amines) is 2. The maximum absolute atomic E-state index is 13.3. The van der Waals surface area contributed by atoms with E-state index in [4.69, 9.17) is 0 Å². The molecule has 2 fully saturated rings. The van der Waals surface area contributed by atoms with Crippen molar-refractivity contribution >= 4 is 57.2 Å². The van der Waals surface area contributed by atoms with E-state index in [2.05, 4.69) is 10.6 Å². The molecular weight excluding hydrogens is 633 g/mol.